The Labute approximate surface area is 97.3 Å². The Morgan fingerprint density at radius 1 is 1.06 bits per heavy atom. The minimum absolute atomic E-state index is 0.114. The lowest BCUT2D eigenvalue weighted by molar-refractivity contribution is 0.204. The minimum Gasteiger partial charge on any atom is -0.424 e. The van der Waals surface area contributed by atoms with Crippen LogP contribution in [0.15, 0.2) is 30.3 Å². The Hall–Kier alpha value is -0.790. The molecule has 1 aromatic rings. The Morgan fingerprint density at radius 3 is 2.06 bits per heavy atom. The molecule has 0 saturated heterocycles. The first kappa shape index (κ1) is 13.3. The van der Waals surface area contributed by atoms with Crippen LogP contribution in [0.1, 0.15) is 27.7 Å². The zero-order valence-electron chi connectivity index (χ0n) is 10.2. The quantitative estimate of drug-likeness (QED) is 0.729. The molecule has 4 heteroatoms. The lowest BCUT2D eigenvalue weighted by Crippen LogP contribution is -2.12. The van der Waals surface area contributed by atoms with Gasteiger partial charge in [0.15, 0.2) is 0 Å². The van der Waals surface area contributed by atoms with Gasteiger partial charge in [-0.05, 0) is 26.0 Å². The normalized spacial score (nSPS) is 15.1. The van der Waals surface area contributed by atoms with Crippen LogP contribution in [0.2, 0.25) is 0 Å². The van der Waals surface area contributed by atoms with Crippen LogP contribution in [0.25, 0.3) is 0 Å². The molecule has 0 aliphatic heterocycles. The van der Waals surface area contributed by atoms with Crippen molar-refractivity contribution in [3.8, 4) is 5.75 Å². The average molecular weight is 242 g/mol. The average Bonchev–Trinajstić information content (AvgIpc) is 2.17. The molecular formula is C12H19O3P. The molecule has 0 heterocycles. The van der Waals surface area contributed by atoms with Crippen molar-refractivity contribution in [1.29, 1.82) is 0 Å². The highest BCUT2D eigenvalue weighted by molar-refractivity contribution is 7.55. The van der Waals surface area contributed by atoms with Crippen LogP contribution in [0, 0.1) is 0 Å². The van der Waals surface area contributed by atoms with E-state index < -0.39 is 7.60 Å². The summed E-state index contributed by atoms with van der Waals surface area (Å²) in [4.78, 5) is 0. The monoisotopic (exact) mass is 242 g/mol. The summed E-state index contributed by atoms with van der Waals surface area (Å²) >= 11 is 0. The van der Waals surface area contributed by atoms with Gasteiger partial charge in [-0.15, -0.1) is 0 Å². The van der Waals surface area contributed by atoms with Gasteiger partial charge in [0.1, 0.15) is 5.75 Å². The van der Waals surface area contributed by atoms with Crippen molar-refractivity contribution in [2.24, 2.45) is 0 Å². The number of benzene rings is 1. The third kappa shape index (κ3) is 3.66. The fourth-order valence-electron chi connectivity index (χ4n) is 1.17. The van der Waals surface area contributed by atoms with Crippen LogP contribution >= 0.6 is 7.60 Å². The highest BCUT2D eigenvalue weighted by Crippen LogP contribution is 2.53. The Kier molecular flexibility index (Phi) is 4.57. The van der Waals surface area contributed by atoms with E-state index in [2.05, 4.69) is 0 Å². The first-order valence-corrected chi connectivity index (χ1v) is 7.08. The van der Waals surface area contributed by atoms with Gasteiger partial charge in [-0.25, -0.2) is 4.57 Å². The number of rotatable bonds is 5. The number of hydrogen-bond acceptors (Lipinski definition) is 3. The van der Waals surface area contributed by atoms with Gasteiger partial charge in [-0.2, -0.15) is 0 Å². The van der Waals surface area contributed by atoms with E-state index in [0.29, 0.717) is 5.75 Å². The van der Waals surface area contributed by atoms with Gasteiger partial charge in [-0.1, -0.05) is 32.0 Å². The van der Waals surface area contributed by atoms with E-state index >= 15 is 0 Å². The summed E-state index contributed by atoms with van der Waals surface area (Å²) in [6.45, 7) is 7.38. The second-order valence-corrected chi connectivity index (χ2v) is 6.70. The smallest absolute Gasteiger partial charge is 0.381 e. The molecular weight excluding hydrogens is 223 g/mol. The highest BCUT2D eigenvalue weighted by Gasteiger charge is 2.32. The highest BCUT2D eigenvalue weighted by atomic mass is 31.2. The fraction of sp³-hybridized carbons (Fsp3) is 0.500. The van der Waals surface area contributed by atoms with Crippen LogP contribution in [0.4, 0.5) is 0 Å². The van der Waals surface area contributed by atoms with Crippen LogP contribution < -0.4 is 4.52 Å². The molecule has 0 spiro atoms. The Morgan fingerprint density at radius 2 is 1.62 bits per heavy atom. The molecule has 1 rings (SSSR count). The summed E-state index contributed by atoms with van der Waals surface area (Å²) in [6, 6.07) is 9.12. The van der Waals surface area contributed by atoms with Crippen molar-refractivity contribution in [2.45, 2.75) is 39.5 Å². The summed E-state index contributed by atoms with van der Waals surface area (Å²) in [7, 11) is -3.07. The molecule has 3 nitrogen and oxygen atoms in total. The number of para-hydroxylation sites is 1. The predicted octanol–water partition coefficient (Wildman–Crippen LogP) is 4.09. The summed E-state index contributed by atoms with van der Waals surface area (Å²) in [5.74, 6) is 0.584. The molecule has 0 fully saturated rings. The van der Waals surface area contributed by atoms with Crippen molar-refractivity contribution in [1.82, 2.24) is 0 Å². The number of hydrogen-bond donors (Lipinski definition) is 0. The molecule has 0 aliphatic rings. The third-order valence-corrected chi connectivity index (χ3v) is 4.41. The van der Waals surface area contributed by atoms with E-state index in [0.717, 1.165) is 0 Å². The largest absolute Gasteiger partial charge is 0.424 e. The van der Waals surface area contributed by atoms with E-state index in [4.69, 9.17) is 9.05 Å². The van der Waals surface area contributed by atoms with Gasteiger partial charge in [0.25, 0.3) is 0 Å². The van der Waals surface area contributed by atoms with Gasteiger partial charge in [0.05, 0.1) is 11.8 Å². The maximum absolute atomic E-state index is 12.4. The standard InChI is InChI=1S/C12H19O3P/c1-10(2)14-16(13,11(3)4)15-12-8-6-5-7-9-12/h5-11H,1-4H3. The van der Waals surface area contributed by atoms with Crippen molar-refractivity contribution < 1.29 is 13.6 Å². The maximum atomic E-state index is 12.4. The summed E-state index contributed by atoms with van der Waals surface area (Å²) in [5, 5.41) is 0. The van der Waals surface area contributed by atoms with Gasteiger partial charge in [0.2, 0.25) is 0 Å². The maximum Gasteiger partial charge on any atom is 0.381 e. The molecule has 0 radical (unpaired) electrons. The molecule has 0 N–H and O–H groups in total. The van der Waals surface area contributed by atoms with E-state index in [-0.39, 0.29) is 11.8 Å². The van der Waals surface area contributed by atoms with E-state index in [1.54, 1.807) is 12.1 Å². The van der Waals surface area contributed by atoms with Gasteiger partial charge < -0.3 is 4.52 Å². The zero-order chi connectivity index (χ0) is 12.2. The van der Waals surface area contributed by atoms with E-state index in [1.165, 1.54) is 0 Å². The van der Waals surface area contributed by atoms with E-state index in [9.17, 15) is 4.57 Å². The van der Waals surface area contributed by atoms with Crippen LogP contribution in [-0.4, -0.2) is 11.8 Å². The first-order valence-electron chi connectivity index (χ1n) is 5.47. The zero-order valence-corrected chi connectivity index (χ0v) is 11.1. The lowest BCUT2D eigenvalue weighted by Gasteiger charge is -2.24. The minimum atomic E-state index is -3.07. The van der Waals surface area contributed by atoms with Gasteiger partial charge in [-0.3, -0.25) is 4.52 Å². The molecule has 1 unspecified atom stereocenters. The fourth-order valence-corrected chi connectivity index (χ4v) is 2.67. The van der Waals surface area contributed by atoms with Crippen molar-refractivity contribution in [3.63, 3.8) is 0 Å². The van der Waals surface area contributed by atoms with Crippen molar-refractivity contribution in [2.75, 3.05) is 0 Å². The molecule has 90 valence electrons. The second-order valence-electron chi connectivity index (χ2n) is 4.19. The molecule has 0 aliphatic carbocycles. The summed E-state index contributed by atoms with van der Waals surface area (Å²) < 4.78 is 23.4. The lowest BCUT2D eigenvalue weighted by atomic mass is 10.3. The van der Waals surface area contributed by atoms with Gasteiger partial charge >= 0.3 is 7.60 Å². The molecule has 1 atom stereocenters. The molecule has 0 amide bonds. The Bertz CT molecular complexity index is 360. The molecule has 0 bridgehead atoms. The van der Waals surface area contributed by atoms with Crippen molar-refractivity contribution in [3.05, 3.63) is 30.3 Å². The Balaban J connectivity index is 2.84. The second kappa shape index (κ2) is 5.51. The van der Waals surface area contributed by atoms with Crippen LogP contribution in [0.3, 0.4) is 0 Å². The topological polar surface area (TPSA) is 35.5 Å². The predicted molar refractivity (Wildman–Crippen MR) is 66.0 cm³/mol. The summed E-state index contributed by atoms with van der Waals surface area (Å²) in [6.07, 6.45) is -0.114. The van der Waals surface area contributed by atoms with Crippen molar-refractivity contribution >= 4 is 7.60 Å². The van der Waals surface area contributed by atoms with E-state index in [1.807, 2.05) is 45.9 Å². The van der Waals surface area contributed by atoms with Crippen LogP contribution in [-0.2, 0) is 9.09 Å². The molecule has 0 aromatic heterocycles. The SMILES string of the molecule is CC(C)OP(=O)(Oc1ccccc1)C(C)C. The molecule has 1 aromatic carbocycles. The third-order valence-electron chi connectivity index (χ3n) is 1.97. The molecule has 0 saturated carbocycles. The van der Waals surface area contributed by atoms with Crippen LogP contribution in [0.5, 0.6) is 5.75 Å². The molecule has 16 heavy (non-hydrogen) atoms. The van der Waals surface area contributed by atoms with Gasteiger partial charge in [0, 0.05) is 0 Å². The summed E-state index contributed by atoms with van der Waals surface area (Å²) in [5.41, 5.74) is -0.157. The first-order chi connectivity index (χ1) is 7.44.